The van der Waals surface area contributed by atoms with E-state index in [2.05, 4.69) is 74.6 Å². The van der Waals surface area contributed by atoms with Gasteiger partial charge in [-0.1, -0.05) is 203 Å². The topological polar surface area (TPSA) is 99.1 Å². The number of hydrogen-bond acceptors (Lipinski definition) is 6. The van der Waals surface area contributed by atoms with Crippen LogP contribution in [0.5, 0.6) is 0 Å². The Bertz CT molecular complexity index is 1260. The van der Waals surface area contributed by atoms with E-state index in [1.54, 1.807) is 0 Å². The zero-order valence-corrected chi connectivity index (χ0v) is 43.6. The highest BCUT2D eigenvalue weighted by molar-refractivity contribution is 5.72. The van der Waals surface area contributed by atoms with Crippen LogP contribution in [0.4, 0.5) is 0 Å². The fraction of sp³-hybridized carbons (Fsp3) is 0.776. The minimum absolute atomic E-state index is 0.0536. The Balaban J connectivity index is 4.23. The van der Waals surface area contributed by atoms with Crippen LogP contribution in [0.25, 0.3) is 0 Å². The average molecular weight is 927 g/mol. The summed E-state index contributed by atoms with van der Waals surface area (Å²) < 4.78 is 17.4. The lowest BCUT2D eigenvalue weighted by molar-refractivity contribution is -0.887. The number of carboxylic acid groups (broad SMARTS) is 1. The van der Waals surface area contributed by atoms with Gasteiger partial charge >= 0.3 is 17.9 Å². The highest BCUT2D eigenvalue weighted by atomic mass is 16.6. The number of rotatable bonds is 49. The number of quaternary nitrogens is 1. The van der Waals surface area contributed by atoms with Crippen molar-refractivity contribution in [3.8, 4) is 0 Å². The van der Waals surface area contributed by atoms with E-state index in [-0.39, 0.29) is 36.2 Å². The molecule has 0 rings (SSSR count). The molecule has 0 heterocycles. The fourth-order valence-corrected chi connectivity index (χ4v) is 7.96. The normalized spacial score (nSPS) is 13.3. The molecule has 8 nitrogen and oxygen atoms in total. The quantitative estimate of drug-likeness (QED) is 0.0281. The number of carbonyl (C=O) groups excluding carboxylic acids is 2. The van der Waals surface area contributed by atoms with Gasteiger partial charge in [0.05, 0.1) is 34.4 Å². The molecule has 0 amide bonds. The molecule has 0 spiro atoms. The maximum Gasteiger partial charge on any atom is 0.362 e. The maximum atomic E-state index is 12.8. The molecule has 382 valence electrons. The number of unbranched alkanes of at least 4 members (excludes halogenated alkanes) is 25. The number of esters is 2. The summed E-state index contributed by atoms with van der Waals surface area (Å²) in [5.41, 5.74) is 0. The SMILES string of the molecule is CC/C=C/C/C=C/C/C=C/C/C=C/CCCCCCCCC(=O)OCC(COCCC(C(=O)O)[N+](C)(C)C)OC(=O)CCCCCCCCC/C=C/CCCCCCCCCCCCCC. The molecule has 0 aromatic heterocycles. The molecule has 0 bridgehead atoms. The van der Waals surface area contributed by atoms with Crippen LogP contribution in [-0.2, 0) is 28.6 Å². The third kappa shape index (κ3) is 46.2. The summed E-state index contributed by atoms with van der Waals surface area (Å²) in [6, 6.07) is -0.620. The molecule has 2 unspecified atom stereocenters. The molecule has 0 saturated heterocycles. The molecule has 0 saturated carbocycles. The molecule has 0 radical (unpaired) electrons. The van der Waals surface area contributed by atoms with E-state index >= 15 is 0 Å². The van der Waals surface area contributed by atoms with Crippen molar-refractivity contribution < 1.29 is 38.2 Å². The van der Waals surface area contributed by atoms with Crippen molar-refractivity contribution in [1.82, 2.24) is 0 Å². The maximum absolute atomic E-state index is 12.8. The minimum Gasteiger partial charge on any atom is -0.477 e. The van der Waals surface area contributed by atoms with Crippen molar-refractivity contribution in [2.45, 2.75) is 251 Å². The van der Waals surface area contributed by atoms with Crippen molar-refractivity contribution in [2.24, 2.45) is 0 Å². The number of ether oxygens (including phenoxy) is 3. The third-order valence-electron chi connectivity index (χ3n) is 12.2. The molecule has 0 aliphatic heterocycles. The van der Waals surface area contributed by atoms with E-state index in [4.69, 9.17) is 14.2 Å². The Labute approximate surface area is 407 Å². The first-order valence-electron chi connectivity index (χ1n) is 27.3. The summed E-state index contributed by atoms with van der Waals surface area (Å²) in [5, 5.41) is 9.67. The van der Waals surface area contributed by atoms with Crippen LogP contribution in [0.15, 0.2) is 60.8 Å². The largest absolute Gasteiger partial charge is 0.477 e. The smallest absolute Gasteiger partial charge is 0.362 e. The molecule has 0 aliphatic carbocycles. The van der Waals surface area contributed by atoms with Gasteiger partial charge in [-0.3, -0.25) is 9.59 Å². The second-order valence-electron chi connectivity index (χ2n) is 19.5. The molecule has 8 heteroatoms. The third-order valence-corrected chi connectivity index (χ3v) is 12.2. The second kappa shape index (κ2) is 48.5. The molecule has 2 atom stereocenters. The van der Waals surface area contributed by atoms with Crippen LogP contribution in [-0.4, -0.2) is 80.6 Å². The molecule has 0 aliphatic rings. The van der Waals surface area contributed by atoms with E-state index < -0.39 is 18.1 Å². The first-order chi connectivity index (χ1) is 32.1. The number of carbonyl (C=O) groups is 3. The Morgan fingerprint density at radius 2 is 0.848 bits per heavy atom. The van der Waals surface area contributed by atoms with Crippen LogP contribution in [0.2, 0.25) is 0 Å². The Morgan fingerprint density at radius 1 is 0.470 bits per heavy atom. The van der Waals surface area contributed by atoms with Crippen molar-refractivity contribution in [3.05, 3.63) is 60.8 Å². The summed E-state index contributed by atoms with van der Waals surface area (Å²) in [6.07, 6.45) is 61.3. The first kappa shape index (κ1) is 63.0. The predicted molar refractivity (Wildman–Crippen MR) is 280 cm³/mol. The van der Waals surface area contributed by atoms with Crippen LogP contribution < -0.4 is 0 Å². The summed E-state index contributed by atoms with van der Waals surface area (Å²) in [4.78, 5) is 37.2. The van der Waals surface area contributed by atoms with Gasteiger partial charge in [0, 0.05) is 19.3 Å². The number of aliphatic carboxylic acids is 1. The fourth-order valence-electron chi connectivity index (χ4n) is 7.96. The molecule has 0 aromatic rings. The van der Waals surface area contributed by atoms with Gasteiger partial charge in [0.1, 0.15) is 6.61 Å². The zero-order chi connectivity index (χ0) is 48.4. The van der Waals surface area contributed by atoms with Crippen LogP contribution in [0.1, 0.15) is 239 Å². The van der Waals surface area contributed by atoms with Crippen molar-refractivity contribution in [2.75, 3.05) is 41.0 Å². The number of allylic oxidation sites excluding steroid dienone is 10. The van der Waals surface area contributed by atoms with E-state index in [0.29, 0.717) is 19.3 Å². The monoisotopic (exact) mass is 927 g/mol. The number of carboxylic acids is 1. The molecule has 0 aromatic carbocycles. The van der Waals surface area contributed by atoms with Crippen molar-refractivity contribution in [1.29, 1.82) is 0 Å². The molecule has 66 heavy (non-hydrogen) atoms. The Hall–Kier alpha value is -2.97. The molecular formula is C58H104NO7+. The predicted octanol–water partition coefficient (Wildman–Crippen LogP) is 16.1. The highest BCUT2D eigenvalue weighted by Gasteiger charge is 2.31. The van der Waals surface area contributed by atoms with Gasteiger partial charge < -0.3 is 23.8 Å². The highest BCUT2D eigenvalue weighted by Crippen LogP contribution is 2.16. The van der Waals surface area contributed by atoms with Gasteiger partial charge in [0.15, 0.2) is 12.1 Å². The summed E-state index contributed by atoms with van der Waals surface area (Å²) in [6.45, 7) is 4.63. The molecule has 0 fully saturated rings. The Kier molecular flexibility index (Phi) is 46.3. The van der Waals surface area contributed by atoms with E-state index in [1.807, 2.05) is 21.1 Å². The van der Waals surface area contributed by atoms with Crippen LogP contribution >= 0.6 is 0 Å². The van der Waals surface area contributed by atoms with Crippen LogP contribution in [0.3, 0.4) is 0 Å². The Morgan fingerprint density at radius 3 is 1.27 bits per heavy atom. The van der Waals surface area contributed by atoms with Gasteiger partial charge in [-0.2, -0.15) is 0 Å². The van der Waals surface area contributed by atoms with Gasteiger partial charge in [-0.25, -0.2) is 4.79 Å². The standard InChI is InChI=1S/C58H103NO7/c1-6-8-10-12-14-16-18-20-22-24-26-27-28-29-31-33-35-37-39-41-43-45-47-49-57(61)66-54(52-64-51-50-55(58(62)63)59(3,4)5)53-65-56(60)48-46-44-42-40-38-36-34-32-30-25-23-21-19-17-15-13-11-9-7-2/h9,11,15,17,21,23,29-32,54-55H,6-8,10,12-14,16,18-20,22,24-28,33-53H2,1-5H3/p+1/b11-9+,17-15+,23-21+,31-29+,32-30+. The second-order valence-corrected chi connectivity index (χ2v) is 19.5. The summed E-state index contributed by atoms with van der Waals surface area (Å²) in [5.74, 6) is -1.48. The van der Waals surface area contributed by atoms with Gasteiger partial charge in [-0.15, -0.1) is 0 Å². The molecular weight excluding hydrogens is 823 g/mol. The number of likely N-dealkylation sites (N-methyl/N-ethyl adjacent to an activating group) is 1. The average Bonchev–Trinajstić information content (AvgIpc) is 3.28. The number of hydrogen-bond donors (Lipinski definition) is 1. The van der Waals surface area contributed by atoms with Gasteiger partial charge in [0.25, 0.3) is 0 Å². The van der Waals surface area contributed by atoms with E-state index in [9.17, 15) is 19.5 Å². The van der Waals surface area contributed by atoms with Gasteiger partial charge in [0.2, 0.25) is 0 Å². The van der Waals surface area contributed by atoms with Crippen LogP contribution in [0, 0.1) is 0 Å². The lowest BCUT2D eigenvalue weighted by Crippen LogP contribution is -2.50. The molecule has 1 N–H and O–H groups in total. The lowest BCUT2D eigenvalue weighted by atomic mass is 10.0. The van der Waals surface area contributed by atoms with Crippen molar-refractivity contribution in [3.63, 3.8) is 0 Å². The lowest BCUT2D eigenvalue weighted by Gasteiger charge is -2.31. The zero-order valence-electron chi connectivity index (χ0n) is 43.6. The van der Waals surface area contributed by atoms with Crippen molar-refractivity contribution >= 4 is 17.9 Å². The first-order valence-corrected chi connectivity index (χ1v) is 27.3. The van der Waals surface area contributed by atoms with E-state index in [1.165, 1.54) is 128 Å². The summed E-state index contributed by atoms with van der Waals surface area (Å²) >= 11 is 0. The summed E-state index contributed by atoms with van der Waals surface area (Å²) in [7, 11) is 5.53. The number of nitrogens with zero attached hydrogens (tertiary/aromatic N) is 1. The van der Waals surface area contributed by atoms with Gasteiger partial charge in [-0.05, 0) is 77.0 Å². The minimum atomic E-state index is -0.877. The van der Waals surface area contributed by atoms with E-state index in [0.717, 1.165) is 77.0 Å².